The van der Waals surface area contributed by atoms with Crippen LogP contribution in [0.25, 0.3) is 16.9 Å². The smallest absolute Gasteiger partial charge is 0.490 e. The van der Waals surface area contributed by atoms with Crippen LogP contribution in [-0.2, 0) is 4.79 Å². The van der Waals surface area contributed by atoms with Crippen LogP contribution in [0.5, 0.6) is 5.75 Å². The van der Waals surface area contributed by atoms with Gasteiger partial charge in [-0.15, -0.1) is 0 Å². The molecule has 44 heavy (non-hydrogen) atoms. The van der Waals surface area contributed by atoms with E-state index in [1.54, 1.807) is 41.7 Å². The van der Waals surface area contributed by atoms with Crippen molar-refractivity contribution < 1.29 is 42.1 Å². The lowest BCUT2D eigenvalue weighted by molar-refractivity contribution is -0.192. The fraction of sp³-hybridized carbons (Fsp3) is 0.310. The molecule has 0 atom stereocenters. The van der Waals surface area contributed by atoms with E-state index in [4.69, 9.17) is 20.4 Å². The van der Waals surface area contributed by atoms with E-state index in [1.165, 1.54) is 13.2 Å². The zero-order chi connectivity index (χ0) is 32.2. The lowest BCUT2D eigenvalue weighted by Crippen LogP contribution is -2.50. The van der Waals surface area contributed by atoms with Crippen molar-refractivity contribution in [2.75, 3.05) is 32.1 Å². The fourth-order valence-electron chi connectivity index (χ4n) is 4.67. The molecule has 2 aromatic carbocycles. The third kappa shape index (κ3) is 7.06. The number of carboxylic acid groups (broad SMARTS) is 1. The number of carbonyl (C=O) groups excluding carboxylic acids is 1. The van der Waals surface area contributed by atoms with Gasteiger partial charge in [0, 0.05) is 48.8 Å². The SMILES string of the molecule is COc1ccc(-c2cnc3c(Nc4ccc(C(=O)N5CCC(O)(CN)CC5)c(C)c4)nccn23)cc1F.O=C(O)C(F)(F)F. The van der Waals surface area contributed by atoms with Crippen LogP contribution < -0.4 is 15.8 Å². The number of imidazole rings is 1. The largest absolute Gasteiger partial charge is 0.494 e. The van der Waals surface area contributed by atoms with E-state index < -0.39 is 23.6 Å². The van der Waals surface area contributed by atoms with Gasteiger partial charge in [0.05, 0.1) is 24.6 Å². The summed E-state index contributed by atoms with van der Waals surface area (Å²) in [5.74, 6) is -2.57. The molecule has 1 aliphatic heterocycles. The average molecular weight is 619 g/mol. The highest BCUT2D eigenvalue weighted by molar-refractivity contribution is 5.96. The first-order valence-electron chi connectivity index (χ1n) is 13.3. The van der Waals surface area contributed by atoms with Gasteiger partial charge in [0.25, 0.3) is 5.91 Å². The first-order chi connectivity index (χ1) is 20.8. The Bertz CT molecular complexity index is 1670. The van der Waals surface area contributed by atoms with Crippen molar-refractivity contribution in [3.8, 4) is 17.0 Å². The molecule has 1 aliphatic rings. The number of methoxy groups -OCH3 is 1. The molecule has 5 N–H and O–H groups in total. The Morgan fingerprint density at radius 2 is 1.82 bits per heavy atom. The van der Waals surface area contributed by atoms with Crippen LogP contribution in [0.3, 0.4) is 0 Å². The Morgan fingerprint density at radius 3 is 2.39 bits per heavy atom. The van der Waals surface area contributed by atoms with E-state index in [1.807, 2.05) is 23.5 Å². The zero-order valence-electron chi connectivity index (χ0n) is 23.7. The number of amides is 1. The van der Waals surface area contributed by atoms with Crippen molar-refractivity contribution in [3.05, 3.63) is 71.9 Å². The highest BCUT2D eigenvalue weighted by atomic mass is 19.4. The number of anilines is 2. The standard InChI is InChI=1S/C27H29FN6O3.C2HF3O2/c1-17-13-19(4-5-20(17)26(35)33-10-7-27(36,16-29)8-11-33)32-24-25-31-15-22(34(25)12-9-30-24)18-3-6-23(37-2)21(28)14-18;3-2(4,5)1(6)7/h3-6,9,12-15,36H,7-8,10-11,16,29H2,1-2H3,(H,30,32);(H,6,7). The third-order valence-corrected chi connectivity index (χ3v) is 7.20. The summed E-state index contributed by atoms with van der Waals surface area (Å²) in [6, 6.07) is 10.3. The number of aliphatic carboxylic acids is 1. The molecular weight excluding hydrogens is 588 g/mol. The van der Waals surface area contributed by atoms with E-state index in [-0.39, 0.29) is 18.2 Å². The number of nitrogens with one attached hydrogen (secondary N) is 1. The number of nitrogens with zero attached hydrogens (tertiary/aromatic N) is 4. The second-order valence-electron chi connectivity index (χ2n) is 10.1. The number of nitrogens with two attached hydrogens (primary N) is 1. The van der Waals surface area contributed by atoms with Crippen LogP contribution in [0.15, 0.2) is 55.0 Å². The number of carboxylic acids is 1. The van der Waals surface area contributed by atoms with Crippen LogP contribution in [0.4, 0.5) is 29.1 Å². The molecule has 234 valence electrons. The summed E-state index contributed by atoms with van der Waals surface area (Å²) in [6.45, 7) is 3.03. The summed E-state index contributed by atoms with van der Waals surface area (Å²) in [5.41, 5.74) is 8.91. The van der Waals surface area contributed by atoms with Gasteiger partial charge < -0.3 is 30.9 Å². The van der Waals surface area contributed by atoms with E-state index in [0.717, 1.165) is 11.3 Å². The van der Waals surface area contributed by atoms with E-state index in [2.05, 4.69) is 15.3 Å². The number of aromatic nitrogens is 3. The van der Waals surface area contributed by atoms with Gasteiger partial charge in [0.15, 0.2) is 23.0 Å². The molecule has 2 aromatic heterocycles. The Kier molecular flexibility index (Phi) is 9.39. The van der Waals surface area contributed by atoms with Crippen molar-refractivity contribution >= 4 is 29.0 Å². The number of aliphatic hydroxyl groups is 1. The second kappa shape index (κ2) is 12.9. The summed E-state index contributed by atoms with van der Waals surface area (Å²) >= 11 is 0. The number of fused-ring (bicyclic) bond motifs is 1. The summed E-state index contributed by atoms with van der Waals surface area (Å²) in [7, 11) is 1.43. The minimum absolute atomic E-state index is 0.0621. The Balaban J connectivity index is 0.000000566. The van der Waals surface area contributed by atoms with Crippen molar-refractivity contribution in [2.24, 2.45) is 5.73 Å². The number of ether oxygens (including phenoxy) is 1. The molecule has 4 aromatic rings. The molecule has 3 heterocycles. The van der Waals surface area contributed by atoms with Gasteiger partial charge in [-0.2, -0.15) is 13.2 Å². The van der Waals surface area contributed by atoms with Crippen LogP contribution >= 0.6 is 0 Å². The maximum Gasteiger partial charge on any atom is 0.490 e. The number of alkyl halides is 3. The van der Waals surface area contributed by atoms with Crippen LogP contribution in [0.2, 0.25) is 0 Å². The lowest BCUT2D eigenvalue weighted by Gasteiger charge is -2.37. The topological polar surface area (TPSA) is 155 Å². The number of aryl methyl sites for hydroxylation is 1. The molecule has 0 bridgehead atoms. The molecular formula is C29H30F4N6O5. The average Bonchev–Trinajstić information content (AvgIpc) is 3.42. The number of carbonyl (C=O) groups is 2. The van der Waals surface area contributed by atoms with Crippen molar-refractivity contribution in [1.29, 1.82) is 0 Å². The molecule has 0 unspecified atom stereocenters. The summed E-state index contributed by atoms with van der Waals surface area (Å²) in [5, 5.41) is 20.8. The van der Waals surface area contributed by atoms with Crippen molar-refractivity contribution in [1.82, 2.24) is 19.3 Å². The predicted octanol–water partition coefficient (Wildman–Crippen LogP) is 4.16. The number of hydrogen-bond acceptors (Lipinski definition) is 8. The molecule has 11 nitrogen and oxygen atoms in total. The first-order valence-corrected chi connectivity index (χ1v) is 13.3. The van der Waals surface area contributed by atoms with Gasteiger partial charge in [0.2, 0.25) is 0 Å². The predicted molar refractivity (Wildman–Crippen MR) is 152 cm³/mol. The van der Waals surface area contributed by atoms with Crippen molar-refractivity contribution in [3.63, 3.8) is 0 Å². The van der Waals surface area contributed by atoms with Gasteiger partial charge in [-0.3, -0.25) is 9.20 Å². The molecule has 1 amide bonds. The summed E-state index contributed by atoms with van der Waals surface area (Å²) in [4.78, 5) is 32.7. The Morgan fingerprint density at radius 1 is 1.14 bits per heavy atom. The third-order valence-electron chi connectivity index (χ3n) is 7.20. The molecule has 0 spiro atoms. The number of hydrogen-bond donors (Lipinski definition) is 4. The maximum atomic E-state index is 14.3. The zero-order valence-corrected chi connectivity index (χ0v) is 23.7. The van der Waals surface area contributed by atoms with Gasteiger partial charge in [-0.25, -0.2) is 19.2 Å². The van der Waals surface area contributed by atoms with Gasteiger partial charge >= 0.3 is 12.1 Å². The van der Waals surface area contributed by atoms with Crippen LogP contribution in [0, 0.1) is 12.7 Å². The summed E-state index contributed by atoms with van der Waals surface area (Å²) in [6.07, 6.45) is 0.936. The number of halogens is 4. The monoisotopic (exact) mass is 618 g/mol. The fourth-order valence-corrected chi connectivity index (χ4v) is 4.67. The first kappa shape index (κ1) is 32.2. The quantitative estimate of drug-likeness (QED) is 0.233. The summed E-state index contributed by atoms with van der Waals surface area (Å²) < 4.78 is 52.9. The van der Waals surface area contributed by atoms with Crippen LogP contribution in [-0.4, -0.2) is 79.9 Å². The molecule has 0 radical (unpaired) electrons. The second-order valence-corrected chi connectivity index (χ2v) is 10.1. The van der Waals surface area contributed by atoms with Gasteiger partial charge in [-0.1, -0.05) is 0 Å². The molecule has 1 saturated heterocycles. The highest BCUT2D eigenvalue weighted by Crippen LogP contribution is 2.29. The number of benzene rings is 2. The number of rotatable bonds is 6. The molecule has 0 saturated carbocycles. The van der Waals surface area contributed by atoms with Gasteiger partial charge in [-0.05, 0) is 61.7 Å². The van der Waals surface area contributed by atoms with E-state index in [9.17, 15) is 27.5 Å². The lowest BCUT2D eigenvalue weighted by atomic mass is 9.91. The van der Waals surface area contributed by atoms with Crippen molar-refractivity contribution in [2.45, 2.75) is 31.5 Å². The Labute approximate surface area is 248 Å². The molecule has 0 aliphatic carbocycles. The van der Waals surface area contributed by atoms with Gasteiger partial charge in [0.1, 0.15) is 0 Å². The molecule has 5 rings (SSSR count). The normalized spacial score (nSPS) is 14.5. The minimum Gasteiger partial charge on any atom is -0.494 e. The Hall–Kier alpha value is -4.76. The number of piperidine rings is 1. The number of likely N-dealkylation sites (tertiary alicyclic amines) is 1. The molecule has 15 heteroatoms. The highest BCUT2D eigenvalue weighted by Gasteiger charge is 2.38. The van der Waals surface area contributed by atoms with E-state index >= 15 is 0 Å². The maximum absolute atomic E-state index is 14.3. The van der Waals surface area contributed by atoms with E-state index in [0.29, 0.717) is 54.2 Å². The van der Waals surface area contributed by atoms with Crippen LogP contribution in [0.1, 0.15) is 28.8 Å². The minimum atomic E-state index is -5.08. The molecule has 1 fully saturated rings.